The number of ether oxygens (including phenoxy) is 4. The van der Waals surface area contributed by atoms with E-state index in [2.05, 4.69) is 11.2 Å². The fraction of sp³-hybridized carbons (Fsp3) is 0.333. The van der Waals surface area contributed by atoms with Crippen LogP contribution < -0.4 is 14.2 Å². The van der Waals surface area contributed by atoms with Crippen LogP contribution in [0, 0.1) is 10.8 Å². The summed E-state index contributed by atoms with van der Waals surface area (Å²) in [6.45, 7) is 0.530. The number of fused-ring (bicyclic) bond motifs is 1. The van der Waals surface area contributed by atoms with E-state index in [1.54, 1.807) is 21.3 Å². The van der Waals surface area contributed by atoms with Gasteiger partial charge < -0.3 is 23.8 Å². The van der Waals surface area contributed by atoms with Gasteiger partial charge >= 0.3 is 0 Å². The fourth-order valence-corrected chi connectivity index (χ4v) is 4.38. The average Bonchev–Trinajstić information content (AvgIpc) is 3.18. The van der Waals surface area contributed by atoms with Crippen LogP contribution in [0.15, 0.2) is 53.7 Å². The van der Waals surface area contributed by atoms with Gasteiger partial charge in [-0.05, 0) is 52.1 Å². The summed E-state index contributed by atoms with van der Waals surface area (Å²) >= 11 is 0. The van der Waals surface area contributed by atoms with Crippen molar-refractivity contribution in [1.82, 2.24) is 4.90 Å². The third-order valence-electron chi connectivity index (χ3n) is 6.35. The summed E-state index contributed by atoms with van der Waals surface area (Å²) in [7, 11) is 4.73. The minimum Gasteiger partial charge on any atom is -0.493 e. The molecule has 188 valence electrons. The van der Waals surface area contributed by atoms with Gasteiger partial charge in [0.1, 0.15) is 6.73 Å². The topological polar surface area (TPSA) is 104 Å². The molecule has 0 aliphatic carbocycles. The number of hydrogen-bond acceptors (Lipinski definition) is 7. The lowest BCUT2D eigenvalue weighted by molar-refractivity contribution is -0.135. The lowest BCUT2D eigenvalue weighted by Gasteiger charge is -2.22. The van der Waals surface area contributed by atoms with Crippen molar-refractivity contribution >= 4 is 22.6 Å². The Morgan fingerprint density at radius 1 is 0.944 bits per heavy atom. The third-order valence-corrected chi connectivity index (χ3v) is 6.35. The summed E-state index contributed by atoms with van der Waals surface area (Å²) in [5, 5.41) is 4.52. The lowest BCUT2D eigenvalue weighted by atomic mass is 9.98. The van der Waals surface area contributed by atoms with Crippen molar-refractivity contribution in [2.45, 2.75) is 12.8 Å². The first-order valence-electron chi connectivity index (χ1n) is 11.5. The second-order valence-corrected chi connectivity index (χ2v) is 8.56. The molecule has 9 nitrogen and oxygen atoms in total. The molecule has 1 unspecified atom stereocenters. The predicted octanol–water partition coefficient (Wildman–Crippen LogP) is 4.19. The Balaban J connectivity index is 1.55. The molecule has 1 aliphatic heterocycles. The van der Waals surface area contributed by atoms with Gasteiger partial charge in [-0.25, -0.2) is 0 Å². The van der Waals surface area contributed by atoms with Gasteiger partial charge in [-0.15, -0.1) is 4.91 Å². The number of nitrogens with zero attached hydrogens (tertiary/aromatic N) is 2. The summed E-state index contributed by atoms with van der Waals surface area (Å²) in [5.41, 5.74) is 2.74. The monoisotopic (exact) mass is 492 g/mol. The maximum absolute atomic E-state index is 12.9. The van der Waals surface area contributed by atoms with E-state index in [4.69, 9.17) is 18.9 Å². The molecule has 9 heteroatoms. The van der Waals surface area contributed by atoms with E-state index < -0.39 is 11.8 Å². The number of carbonyl (C=O) groups is 2. The molecule has 1 saturated heterocycles. The van der Waals surface area contributed by atoms with Gasteiger partial charge in [0.25, 0.3) is 5.91 Å². The van der Waals surface area contributed by atoms with Crippen molar-refractivity contribution in [3.63, 3.8) is 0 Å². The van der Waals surface area contributed by atoms with Gasteiger partial charge in [0.15, 0.2) is 11.5 Å². The minimum absolute atomic E-state index is 0.0905. The summed E-state index contributed by atoms with van der Waals surface area (Å²) < 4.78 is 21.8. The van der Waals surface area contributed by atoms with E-state index in [9.17, 15) is 14.5 Å². The quantitative estimate of drug-likeness (QED) is 0.456. The zero-order valence-electron chi connectivity index (χ0n) is 20.5. The summed E-state index contributed by atoms with van der Waals surface area (Å²) in [6.07, 6.45) is 0.530. The molecular formula is C27H28N2O7. The first-order chi connectivity index (χ1) is 17.5. The fourth-order valence-electron chi connectivity index (χ4n) is 4.38. The Hall–Kier alpha value is -3.98. The highest BCUT2D eigenvalue weighted by Crippen LogP contribution is 2.41. The van der Waals surface area contributed by atoms with Gasteiger partial charge in [-0.3, -0.25) is 9.59 Å². The number of methoxy groups -OCH3 is 3. The molecule has 3 aromatic carbocycles. The summed E-state index contributed by atoms with van der Waals surface area (Å²) in [4.78, 5) is 36.8. The van der Waals surface area contributed by atoms with Crippen LogP contribution in [0.2, 0.25) is 0 Å². The molecule has 2 amide bonds. The molecule has 1 atom stereocenters. The Morgan fingerprint density at radius 2 is 1.64 bits per heavy atom. The van der Waals surface area contributed by atoms with E-state index in [0.29, 0.717) is 30.3 Å². The van der Waals surface area contributed by atoms with E-state index in [1.807, 2.05) is 42.5 Å². The Bertz CT molecular complexity index is 1270. The zero-order valence-corrected chi connectivity index (χ0v) is 20.5. The van der Waals surface area contributed by atoms with Crippen LogP contribution in [-0.4, -0.2) is 57.9 Å². The Kier molecular flexibility index (Phi) is 7.80. The molecule has 36 heavy (non-hydrogen) atoms. The summed E-state index contributed by atoms with van der Waals surface area (Å²) in [5.74, 6) is 0.143. The van der Waals surface area contributed by atoms with E-state index >= 15 is 0 Å². The van der Waals surface area contributed by atoms with Crippen molar-refractivity contribution in [2.24, 2.45) is 11.1 Å². The molecule has 4 rings (SSSR count). The van der Waals surface area contributed by atoms with Crippen molar-refractivity contribution in [2.75, 3.05) is 41.2 Å². The number of hydrogen-bond donors (Lipinski definition) is 0. The van der Waals surface area contributed by atoms with Gasteiger partial charge in [0, 0.05) is 18.3 Å². The smallest absolute Gasteiger partial charge is 0.291 e. The first-order valence-corrected chi connectivity index (χ1v) is 11.5. The molecule has 1 aliphatic rings. The van der Waals surface area contributed by atoms with E-state index in [0.717, 1.165) is 27.5 Å². The Labute approximate surface area is 208 Å². The SMILES string of the molecule is COc1cc(-c2ccc3cc(CC(=O)N4COCCC(C(=O)N=O)C4)ccc3c2)cc(OC)c1OC. The van der Waals surface area contributed by atoms with Crippen LogP contribution >= 0.6 is 0 Å². The zero-order chi connectivity index (χ0) is 25.7. The minimum atomic E-state index is -0.744. The number of amides is 2. The van der Waals surface area contributed by atoms with Crippen LogP contribution in [0.4, 0.5) is 0 Å². The molecule has 0 radical (unpaired) electrons. The summed E-state index contributed by atoms with van der Waals surface area (Å²) in [6, 6.07) is 15.7. The van der Waals surface area contributed by atoms with E-state index in [1.165, 1.54) is 4.90 Å². The van der Waals surface area contributed by atoms with Crippen LogP contribution in [0.3, 0.4) is 0 Å². The second-order valence-electron chi connectivity index (χ2n) is 8.56. The molecule has 0 saturated carbocycles. The molecule has 0 spiro atoms. The maximum Gasteiger partial charge on any atom is 0.291 e. The van der Waals surface area contributed by atoms with Crippen molar-refractivity contribution in [3.8, 4) is 28.4 Å². The van der Waals surface area contributed by atoms with Crippen LogP contribution in [0.25, 0.3) is 21.9 Å². The van der Waals surface area contributed by atoms with Crippen molar-refractivity contribution in [3.05, 3.63) is 59.0 Å². The second kappa shape index (κ2) is 11.2. The Morgan fingerprint density at radius 3 is 2.31 bits per heavy atom. The van der Waals surface area contributed by atoms with Crippen molar-refractivity contribution < 1.29 is 28.5 Å². The van der Waals surface area contributed by atoms with E-state index in [-0.39, 0.29) is 25.6 Å². The van der Waals surface area contributed by atoms with Gasteiger partial charge in [0.05, 0.1) is 33.7 Å². The largest absolute Gasteiger partial charge is 0.493 e. The predicted molar refractivity (Wildman–Crippen MR) is 134 cm³/mol. The van der Waals surface area contributed by atoms with Crippen molar-refractivity contribution in [1.29, 1.82) is 0 Å². The van der Waals surface area contributed by atoms with Gasteiger partial charge in [-0.2, -0.15) is 0 Å². The molecule has 3 aromatic rings. The molecule has 0 aromatic heterocycles. The average molecular weight is 493 g/mol. The third kappa shape index (κ3) is 5.31. The lowest BCUT2D eigenvalue weighted by Crippen LogP contribution is -2.37. The van der Waals surface area contributed by atoms with Gasteiger partial charge in [0.2, 0.25) is 11.7 Å². The highest BCUT2D eigenvalue weighted by molar-refractivity contribution is 5.90. The number of nitroso groups, excluding NO2 is 1. The first kappa shape index (κ1) is 25.1. The number of benzene rings is 3. The van der Waals surface area contributed by atoms with Gasteiger partial charge in [-0.1, -0.05) is 30.3 Å². The molecular weight excluding hydrogens is 464 g/mol. The maximum atomic E-state index is 12.9. The number of rotatable bonds is 7. The molecule has 0 N–H and O–H groups in total. The normalized spacial score (nSPS) is 15.8. The van der Waals surface area contributed by atoms with Crippen LogP contribution in [0.1, 0.15) is 12.0 Å². The van der Waals surface area contributed by atoms with Crippen LogP contribution in [0.5, 0.6) is 17.2 Å². The molecule has 0 bridgehead atoms. The highest BCUT2D eigenvalue weighted by Gasteiger charge is 2.28. The molecule has 1 fully saturated rings. The van der Waals surface area contributed by atoms with Crippen LogP contribution in [-0.2, 0) is 20.7 Å². The number of carbonyl (C=O) groups excluding carboxylic acids is 2. The molecule has 1 heterocycles. The highest BCUT2D eigenvalue weighted by atomic mass is 16.5. The standard InChI is InChI=1S/C27H28N2O7/c1-33-23-13-22(14-24(34-2)26(23)35-3)20-7-6-18-10-17(4-5-19(18)12-20)11-25(30)29-15-21(27(31)28-32)8-9-36-16-29/h4-7,10,12-14,21H,8-9,11,15-16H2,1-3H3.